The fourth-order valence-electron chi connectivity index (χ4n) is 4.57. The lowest BCUT2D eigenvalue weighted by Crippen LogP contribution is -2.48. The average Bonchev–Trinajstić information content (AvgIpc) is 2.74. The first-order chi connectivity index (χ1) is 14.2. The number of nitrogens with zero attached hydrogens (tertiary/aromatic N) is 3. The van der Waals surface area contributed by atoms with Gasteiger partial charge >= 0.3 is 0 Å². The van der Waals surface area contributed by atoms with Gasteiger partial charge in [0, 0.05) is 19.2 Å². The van der Waals surface area contributed by atoms with Crippen LogP contribution in [0.3, 0.4) is 0 Å². The highest BCUT2D eigenvalue weighted by atomic mass is 32.2. The average molecular weight is 435 g/mol. The van der Waals surface area contributed by atoms with Gasteiger partial charge in [-0.3, -0.25) is 15.5 Å². The fraction of sp³-hybridized carbons (Fsp3) is 0.550. The SMILES string of the molecule is CC1(C)C2CC=C(C=NNc3ccc(S(=O)(=O)N4CCOCC4)cc3[N+](=O)[O-])C1C2. The number of hydrogen-bond acceptors (Lipinski definition) is 7. The third-order valence-electron chi connectivity index (χ3n) is 6.68. The van der Waals surface area contributed by atoms with E-state index in [1.54, 1.807) is 6.21 Å². The fourth-order valence-corrected chi connectivity index (χ4v) is 6.00. The Bertz CT molecular complexity index is 1010. The van der Waals surface area contributed by atoms with Gasteiger partial charge < -0.3 is 4.74 Å². The maximum Gasteiger partial charge on any atom is 0.295 e. The van der Waals surface area contributed by atoms with Crippen LogP contribution >= 0.6 is 0 Å². The van der Waals surface area contributed by atoms with Crippen LogP contribution in [-0.4, -0.2) is 50.2 Å². The number of benzene rings is 1. The van der Waals surface area contributed by atoms with Gasteiger partial charge in [-0.2, -0.15) is 9.41 Å². The topological polar surface area (TPSA) is 114 Å². The first-order valence-electron chi connectivity index (χ1n) is 10.1. The number of hydrogen-bond donors (Lipinski definition) is 1. The minimum absolute atomic E-state index is 0.108. The van der Waals surface area contributed by atoms with Crippen molar-refractivity contribution in [3.63, 3.8) is 0 Å². The van der Waals surface area contributed by atoms with Crippen LogP contribution in [0.2, 0.25) is 0 Å². The van der Waals surface area contributed by atoms with Crippen molar-refractivity contribution < 1.29 is 18.1 Å². The molecule has 2 unspecified atom stereocenters. The van der Waals surface area contributed by atoms with Gasteiger partial charge in [0.1, 0.15) is 5.69 Å². The molecule has 2 atom stereocenters. The first-order valence-corrected chi connectivity index (χ1v) is 11.5. The Kier molecular flexibility index (Phi) is 5.41. The molecule has 30 heavy (non-hydrogen) atoms. The Hall–Kier alpha value is -2.30. The molecule has 10 heteroatoms. The smallest absolute Gasteiger partial charge is 0.295 e. The minimum atomic E-state index is -3.81. The molecule has 5 rings (SSSR count). The van der Waals surface area contributed by atoms with Crippen molar-refractivity contribution in [3.8, 4) is 0 Å². The standard InChI is InChI=1S/C20H26N4O5S/c1-20(2)15-4-3-14(17(20)11-15)13-21-22-18-6-5-16(12-19(18)24(25)26)30(27,28)23-7-9-29-10-8-23/h3,5-6,12-13,15,17,22H,4,7-11H2,1-2H3. The zero-order valence-corrected chi connectivity index (χ0v) is 17.9. The molecular weight excluding hydrogens is 408 g/mol. The van der Waals surface area contributed by atoms with Gasteiger partial charge in [-0.15, -0.1) is 0 Å². The Morgan fingerprint density at radius 3 is 2.70 bits per heavy atom. The predicted molar refractivity (Wildman–Crippen MR) is 113 cm³/mol. The van der Waals surface area contributed by atoms with Crippen molar-refractivity contribution >= 4 is 27.6 Å². The summed E-state index contributed by atoms with van der Waals surface area (Å²) in [7, 11) is -3.81. The van der Waals surface area contributed by atoms with E-state index in [1.807, 2.05) is 0 Å². The summed E-state index contributed by atoms with van der Waals surface area (Å²) in [6, 6.07) is 3.85. The molecule has 1 aliphatic heterocycles. The van der Waals surface area contributed by atoms with Gasteiger partial charge in [-0.05, 0) is 47.8 Å². The van der Waals surface area contributed by atoms with Gasteiger partial charge in [0.05, 0.1) is 29.2 Å². The third kappa shape index (κ3) is 3.63. The van der Waals surface area contributed by atoms with Gasteiger partial charge in [0.15, 0.2) is 0 Å². The summed E-state index contributed by atoms with van der Waals surface area (Å²) in [5, 5.41) is 15.8. The number of nitro benzene ring substituents is 1. The van der Waals surface area contributed by atoms with Gasteiger partial charge in [0.25, 0.3) is 5.69 Å². The monoisotopic (exact) mass is 434 g/mol. The molecular formula is C20H26N4O5S. The lowest BCUT2D eigenvalue weighted by Gasteiger charge is -2.55. The molecule has 0 radical (unpaired) electrons. The Morgan fingerprint density at radius 1 is 1.33 bits per heavy atom. The first kappa shape index (κ1) is 21.0. The molecule has 0 spiro atoms. The molecule has 2 fully saturated rings. The van der Waals surface area contributed by atoms with Crippen LogP contribution in [0.25, 0.3) is 0 Å². The summed E-state index contributed by atoms with van der Waals surface area (Å²) in [4.78, 5) is 10.8. The number of ether oxygens (including phenoxy) is 1. The molecule has 0 amide bonds. The number of morpholine rings is 1. The molecule has 162 valence electrons. The minimum Gasteiger partial charge on any atom is -0.379 e. The second-order valence-electron chi connectivity index (χ2n) is 8.57. The summed E-state index contributed by atoms with van der Waals surface area (Å²) in [6.45, 7) is 5.60. The van der Waals surface area contributed by atoms with Crippen molar-refractivity contribution in [2.75, 3.05) is 31.7 Å². The van der Waals surface area contributed by atoms with E-state index in [0.29, 0.717) is 19.1 Å². The zero-order valence-electron chi connectivity index (χ0n) is 17.1. The Morgan fingerprint density at radius 2 is 2.07 bits per heavy atom. The molecule has 2 bridgehead atoms. The van der Waals surface area contributed by atoms with E-state index in [-0.39, 0.29) is 34.8 Å². The number of fused-ring (bicyclic) bond motifs is 1. The maximum absolute atomic E-state index is 12.8. The third-order valence-corrected chi connectivity index (χ3v) is 8.58. The van der Waals surface area contributed by atoms with E-state index in [9.17, 15) is 18.5 Å². The second-order valence-corrected chi connectivity index (χ2v) is 10.5. The second kappa shape index (κ2) is 7.75. The van der Waals surface area contributed by atoms with E-state index in [1.165, 1.54) is 16.4 Å². The predicted octanol–water partition coefficient (Wildman–Crippen LogP) is 3.01. The zero-order chi connectivity index (χ0) is 21.5. The number of hydrazone groups is 1. The van der Waals surface area contributed by atoms with Gasteiger partial charge in [-0.25, -0.2) is 8.42 Å². The van der Waals surface area contributed by atoms with Crippen LogP contribution in [0.15, 0.2) is 39.8 Å². The number of sulfonamides is 1. The molecule has 0 aromatic heterocycles. The quantitative estimate of drug-likeness (QED) is 0.418. The molecule has 3 aliphatic carbocycles. The van der Waals surface area contributed by atoms with Crippen LogP contribution in [0.1, 0.15) is 26.7 Å². The summed E-state index contributed by atoms with van der Waals surface area (Å²) in [6.07, 6.45) is 6.09. The number of nitrogens with one attached hydrogen (secondary N) is 1. The summed E-state index contributed by atoms with van der Waals surface area (Å²) in [5.74, 6) is 1.17. The number of nitro groups is 1. The highest BCUT2D eigenvalue weighted by molar-refractivity contribution is 7.89. The summed E-state index contributed by atoms with van der Waals surface area (Å²) in [5.41, 5.74) is 3.95. The number of anilines is 1. The highest BCUT2D eigenvalue weighted by Crippen LogP contribution is 2.58. The molecule has 1 saturated heterocycles. The van der Waals surface area contributed by atoms with Crippen molar-refractivity contribution in [1.82, 2.24) is 4.31 Å². The van der Waals surface area contributed by atoms with Crippen molar-refractivity contribution in [3.05, 3.63) is 40.0 Å². The highest BCUT2D eigenvalue weighted by Gasteiger charge is 2.50. The van der Waals surface area contributed by atoms with Crippen molar-refractivity contribution in [1.29, 1.82) is 0 Å². The van der Waals surface area contributed by atoms with E-state index >= 15 is 0 Å². The summed E-state index contributed by atoms with van der Waals surface area (Å²) < 4.78 is 32.0. The summed E-state index contributed by atoms with van der Waals surface area (Å²) >= 11 is 0. The molecule has 9 nitrogen and oxygen atoms in total. The molecule has 1 aromatic carbocycles. The lowest BCUT2D eigenvalue weighted by molar-refractivity contribution is -0.384. The number of allylic oxidation sites excluding steroid dienone is 2. The van der Waals surface area contributed by atoms with Gasteiger partial charge in [-0.1, -0.05) is 19.9 Å². The van der Waals surface area contributed by atoms with Gasteiger partial charge in [0.2, 0.25) is 10.0 Å². The van der Waals surface area contributed by atoms with E-state index in [0.717, 1.165) is 30.4 Å². The van der Waals surface area contributed by atoms with E-state index in [2.05, 4.69) is 30.5 Å². The van der Waals surface area contributed by atoms with E-state index in [4.69, 9.17) is 4.74 Å². The van der Waals surface area contributed by atoms with Crippen LogP contribution in [0.5, 0.6) is 0 Å². The molecule has 1 heterocycles. The van der Waals surface area contributed by atoms with Crippen LogP contribution in [-0.2, 0) is 14.8 Å². The molecule has 4 aliphatic rings. The maximum atomic E-state index is 12.8. The molecule has 1 saturated carbocycles. The molecule has 1 aromatic rings. The van der Waals surface area contributed by atoms with Crippen LogP contribution in [0.4, 0.5) is 11.4 Å². The normalized spacial score (nSPS) is 26.1. The van der Waals surface area contributed by atoms with Crippen molar-refractivity contribution in [2.45, 2.75) is 31.6 Å². The lowest BCUT2D eigenvalue weighted by atomic mass is 9.49. The molecule has 1 N–H and O–H groups in total. The number of rotatable bonds is 6. The van der Waals surface area contributed by atoms with E-state index < -0.39 is 14.9 Å². The van der Waals surface area contributed by atoms with Crippen LogP contribution < -0.4 is 5.43 Å². The van der Waals surface area contributed by atoms with Crippen molar-refractivity contribution in [2.24, 2.45) is 22.4 Å². The Balaban J connectivity index is 1.53. The van der Waals surface area contributed by atoms with Crippen LogP contribution in [0, 0.1) is 27.4 Å². The Labute approximate surface area is 176 Å². The largest absolute Gasteiger partial charge is 0.379 e.